The number of morpholine rings is 1. The summed E-state index contributed by atoms with van der Waals surface area (Å²) in [5.41, 5.74) is 4.53. The van der Waals surface area contributed by atoms with Crippen molar-refractivity contribution < 1.29 is 19.1 Å². The minimum atomic E-state index is -0.359. The van der Waals surface area contributed by atoms with Crippen LogP contribution in [0.5, 0.6) is 0 Å². The van der Waals surface area contributed by atoms with Gasteiger partial charge in [-0.15, -0.1) is 0 Å². The minimum absolute atomic E-state index is 0.0352. The highest BCUT2D eigenvalue weighted by atomic mass is 16.5. The van der Waals surface area contributed by atoms with Gasteiger partial charge >= 0.3 is 5.97 Å². The highest BCUT2D eigenvalue weighted by molar-refractivity contribution is 5.97. The van der Waals surface area contributed by atoms with Crippen molar-refractivity contribution in [2.45, 2.75) is 40.3 Å². The van der Waals surface area contributed by atoms with Gasteiger partial charge in [0.25, 0.3) is 0 Å². The lowest BCUT2D eigenvalue weighted by Gasteiger charge is -2.30. The van der Waals surface area contributed by atoms with Crippen LogP contribution >= 0.6 is 0 Å². The zero-order valence-electron chi connectivity index (χ0n) is 14.6. The molecule has 1 atom stereocenters. The molecule has 23 heavy (non-hydrogen) atoms. The van der Waals surface area contributed by atoms with Crippen molar-refractivity contribution in [2.75, 3.05) is 26.8 Å². The fourth-order valence-corrected chi connectivity index (χ4v) is 3.16. The smallest absolute Gasteiger partial charge is 0.326 e. The summed E-state index contributed by atoms with van der Waals surface area (Å²) in [5, 5.41) is 0. The fourth-order valence-electron chi connectivity index (χ4n) is 3.16. The monoisotopic (exact) mass is 319 g/mol. The van der Waals surface area contributed by atoms with Gasteiger partial charge < -0.3 is 9.47 Å². The molecule has 0 spiro atoms. The summed E-state index contributed by atoms with van der Waals surface area (Å²) in [6.45, 7) is 9.28. The van der Waals surface area contributed by atoms with Crippen LogP contribution < -0.4 is 0 Å². The molecular formula is C18H25NO4. The second-order valence-electron chi connectivity index (χ2n) is 6.22. The molecule has 0 amide bonds. The van der Waals surface area contributed by atoms with Gasteiger partial charge in [-0.3, -0.25) is 14.5 Å². The number of hydrogen-bond acceptors (Lipinski definition) is 5. The number of Topliss-reactive ketones (excluding diaryl/α,β-unsaturated/α-hetero) is 1. The number of nitrogens with zero attached hydrogens (tertiary/aromatic N) is 1. The fraction of sp³-hybridized carbons (Fsp3) is 0.556. The maximum atomic E-state index is 12.3. The summed E-state index contributed by atoms with van der Waals surface area (Å²) < 4.78 is 10.9. The molecule has 1 heterocycles. The van der Waals surface area contributed by atoms with Crippen LogP contribution in [0.3, 0.4) is 0 Å². The van der Waals surface area contributed by atoms with E-state index in [2.05, 4.69) is 0 Å². The van der Waals surface area contributed by atoms with E-state index < -0.39 is 0 Å². The van der Waals surface area contributed by atoms with Crippen molar-refractivity contribution in [3.05, 3.63) is 33.9 Å². The Bertz CT molecular complexity index is 624. The molecule has 0 radical (unpaired) electrons. The zero-order chi connectivity index (χ0) is 17.1. The highest BCUT2D eigenvalue weighted by Crippen LogP contribution is 2.24. The Morgan fingerprint density at radius 1 is 1.30 bits per heavy atom. The third-order valence-corrected chi connectivity index (χ3v) is 4.51. The van der Waals surface area contributed by atoms with E-state index in [9.17, 15) is 9.59 Å². The van der Waals surface area contributed by atoms with Crippen molar-refractivity contribution in [3.63, 3.8) is 0 Å². The molecule has 1 aliphatic rings. The lowest BCUT2D eigenvalue weighted by atomic mass is 9.92. The molecule has 5 nitrogen and oxygen atoms in total. The SMILES string of the molecule is CC(=O)c1c(C)cc(C)c(COC(=O)[C@@H]2COCCN2C)c1C. The van der Waals surface area contributed by atoms with Crippen LogP contribution in [-0.4, -0.2) is 49.5 Å². The average Bonchev–Trinajstić information content (AvgIpc) is 2.46. The van der Waals surface area contributed by atoms with Crippen LogP contribution in [0.15, 0.2) is 6.07 Å². The normalized spacial score (nSPS) is 18.7. The molecule has 0 aromatic heterocycles. The number of ether oxygens (including phenoxy) is 2. The third kappa shape index (κ3) is 3.79. The van der Waals surface area contributed by atoms with Crippen molar-refractivity contribution >= 4 is 11.8 Å². The minimum Gasteiger partial charge on any atom is -0.460 e. The highest BCUT2D eigenvalue weighted by Gasteiger charge is 2.28. The van der Waals surface area contributed by atoms with E-state index in [1.54, 1.807) is 6.92 Å². The van der Waals surface area contributed by atoms with Crippen LogP contribution in [0.1, 0.15) is 39.5 Å². The predicted molar refractivity (Wildman–Crippen MR) is 87.7 cm³/mol. The summed E-state index contributed by atoms with van der Waals surface area (Å²) in [6, 6.07) is 1.62. The molecular weight excluding hydrogens is 294 g/mol. The van der Waals surface area contributed by atoms with Gasteiger partial charge in [0.1, 0.15) is 12.6 Å². The van der Waals surface area contributed by atoms with Gasteiger partial charge in [0.2, 0.25) is 0 Å². The molecule has 0 aliphatic carbocycles. The average molecular weight is 319 g/mol. The topological polar surface area (TPSA) is 55.8 Å². The van der Waals surface area contributed by atoms with Gasteiger partial charge in [-0.05, 0) is 57.0 Å². The molecule has 0 bridgehead atoms. The molecule has 0 saturated carbocycles. The van der Waals surface area contributed by atoms with Crippen LogP contribution in [0.2, 0.25) is 0 Å². The molecule has 0 N–H and O–H groups in total. The number of ketones is 1. The first-order chi connectivity index (χ1) is 10.8. The Balaban J connectivity index is 2.15. The van der Waals surface area contributed by atoms with Gasteiger partial charge in [0.05, 0.1) is 13.2 Å². The quantitative estimate of drug-likeness (QED) is 0.629. The van der Waals surface area contributed by atoms with Crippen LogP contribution in [-0.2, 0) is 20.9 Å². The standard InChI is InChI=1S/C18H25NO4/c1-11-8-12(2)17(14(4)20)13(3)15(11)9-23-18(21)16-10-22-7-6-19(16)5/h8,16H,6-7,9-10H2,1-5H3/t16-/m0/s1. The first-order valence-corrected chi connectivity index (χ1v) is 7.88. The first kappa shape index (κ1) is 17.6. The van der Waals surface area contributed by atoms with Gasteiger partial charge in [-0.1, -0.05) is 6.07 Å². The van der Waals surface area contributed by atoms with E-state index in [1.807, 2.05) is 38.8 Å². The number of likely N-dealkylation sites (N-methyl/N-ethyl adjacent to an activating group) is 1. The number of benzene rings is 1. The van der Waals surface area contributed by atoms with E-state index >= 15 is 0 Å². The first-order valence-electron chi connectivity index (χ1n) is 7.88. The van der Waals surface area contributed by atoms with E-state index in [0.717, 1.165) is 34.4 Å². The summed E-state index contributed by atoms with van der Waals surface area (Å²) >= 11 is 0. The summed E-state index contributed by atoms with van der Waals surface area (Å²) in [7, 11) is 1.89. The van der Waals surface area contributed by atoms with Crippen LogP contribution in [0, 0.1) is 20.8 Å². The van der Waals surface area contributed by atoms with Crippen molar-refractivity contribution in [3.8, 4) is 0 Å². The van der Waals surface area contributed by atoms with Crippen molar-refractivity contribution in [1.29, 1.82) is 0 Å². The summed E-state index contributed by atoms with van der Waals surface area (Å²) in [5.74, 6) is -0.246. The number of carbonyl (C=O) groups excluding carboxylic acids is 2. The number of rotatable bonds is 4. The van der Waals surface area contributed by atoms with E-state index in [-0.39, 0.29) is 24.4 Å². The van der Waals surface area contributed by atoms with Crippen LogP contribution in [0.25, 0.3) is 0 Å². The Hall–Kier alpha value is -1.72. The van der Waals surface area contributed by atoms with Gasteiger partial charge in [0.15, 0.2) is 5.78 Å². The predicted octanol–water partition coefficient (Wildman–Crippen LogP) is 2.19. The maximum absolute atomic E-state index is 12.3. The van der Waals surface area contributed by atoms with E-state index in [0.29, 0.717) is 13.2 Å². The number of aryl methyl sites for hydroxylation is 2. The molecule has 2 rings (SSSR count). The summed E-state index contributed by atoms with van der Waals surface area (Å²) in [6.07, 6.45) is 0. The summed E-state index contributed by atoms with van der Waals surface area (Å²) in [4.78, 5) is 26.1. The Kier molecular flexibility index (Phi) is 5.55. The zero-order valence-corrected chi connectivity index (χ0v) is 14.6. The Labute approximate surface area is 137 Å². The number of carbonyl (C=O) groups is 2. The molecule has 1 aromatic rings. The largest absolute Gasteiger partial charge is 0.460 e. The molecule has 126 valence electrons. The second kappa shape index (κ2) is 7.23. The van der Waals surface area contributed by atoms with E-state index in [4.69, 9.17) is 9.47 Å². The third-order valence-electron chi connectivity index (χ3n) is 4.51. The van der Waals surface area contributed by atoms with Gasteiger partial charge in [-0.25, -0.2) is 0 Å². The van der Waals surface area contributed by atoms with E-state index in [1.165, 1.54) is 0 Å². The molecule has 0 unspecified atom stereocenters. The van der Waals surface area contributed by atoms with Gasteiger partial charge in [0, 0.05) is 12.1 Å². The maximum Gasteiger partial charge on any atom is 0.326 e. The molecule has 1 saturated heterocycles. The lowest BCUT2D eigenvalue weighted by Crippen LogP contribution is -2.48. The lowest BCUT2D eigenvalue weighted by molar-refractivity contribution is -0.156. The number of esters is 1. The molecule has 5 heteroatoms. The Morgan fingerprint density at radius 2 is 2.00 bits per heavy atom. The second-order valence-corrected chi connectivity index (χ2v) is 6.22. The number of hydrogen-bond donors (Lipinski definition) is 0. The van der Waals surface area contributed by atoms with Crippen LogP contribution in [0.4, 0.5) is 0 Å². The molecule has 1 aliphatic heterocycles. The molecule has 1 fully saturated rings. The van der Waals surface area contributed by atoms with Crippen molar-refractivity contribution in [2.24, 2.45) is 0 Å². The molecule has 1 aromatic carbocycles. The Morgan fingerprint density at radius 3 is 2.61 bits per heavy atom. The van der Waals surface area contributed by atoms with Gasteiger partial charge in [-0.2, -0.15) is 0 Å². The van der Waals surface area contributed by atoms with Crippen molar-refractivity contribution in [1.82, 2.24) is 4.90 Å².